The lowest BCUT2D eigenvalue weighted by atomic mass is 10.1. The van der Waals surface area contributed by atoms with Crippen molar-refractivity contribution in [3.63, 3.8) is 0 Å². The molecule has 140 valence electrons. The molecule has 7 heteroatoms. The molecule has 0 aliphatic carbocycles. The lowest BCUT2D eigenvalue weighted by Crippen LogP contribution is -2.50. The number of carbonyl (C=O) groups excluding carboxylic acids is 1. The fourth-order valence-electron chi connectivity index (χ4n) is 2.87. The number of nitriles is 1. The Morgan fingerprint density at radius 2 is 2.00 bits per heavy atom. The maximum atomic E-state index is 12.6. The van der Waals surface area contributed by atoms with Crippen molar-refractivity contribution in [2.45, 2.75) is 13.0 Å². The van der Waals surface area contributed by atoms with Crippen LogP contribution in [-0.2, 0) is 4.79 Å². The van der Waals surface area contributed by atoms with E-state index in [-0.39, 0.29) is 17.5 Å². The Morgan fingerprint density at radius 3 is 2.54 bits per heavy atom. The summed E-state index contributed by atoms with van der Waals surface area (Å²) in [5.74, 6) is 0.562. The molecule has 1 fully saturated rings. The molecule has 0 saturated carbocycles. The molecule has 0 aromatic heterocycles. The predicted molar refractivity (Wildman–Crippen MR) is 100 cm³/mol. The first-order valence-electron chi connectivity index (χ1n) is 8.81. The number of carbonyl (C=O) groups is 1. The van der Waals surface area contributed by atoms with Crippen LogP contribution in [-0.4, -0.2) is 62.1 Å². The number of amides is 1. The van der Waals surface area contributed by atoms with E-state index in [0.29, 0.717) is 19.6 Å². The second-order valence-corrected chi connectivity index (χ2v) is 6.25. The van der Waals surface area contributed by atoms with Crippen LogP contribution in [0.1, 0.15) is 18.5 Å². The zero-order valence-corrected chi connectivity index (χ0v) is 15.4. The number of hydrogen-bond donors (Lipinski definition) is 2. The number of nitrogens with zero attached hydrogens (tertiary/aromatic N) is 3. The smallest absolute Gasteiger partial charge is 0.266 e. The summed E-state index contributed by atoms with van der Waals surface area (Å²) in [7, 11) is 1.63. The van der Waals surface area contributed by atoms with Crippen LogP contribution in [0.5, 0.6) is 5.75 Å². The van der Waals surface area contributed by atoms with Crippen LogP contribution < -0.4 is 15.8 Å². The van der Waals surface area contributed by atoms with Gasteiger partial charge in [0.1, 0.15) is 17.4 Å². The van der Waals surface area contributed by atoms with Crippen molar-refractivity contribution in [3.8, 4) is 11.8 Å². The van der Waals surface area contributed by atoms with Gasteiger partial charge in [0.15, 0.2) is 0 Å². The molecule has 1 saturated heterocycles. The quantitative estimate of drug-likeness (QED) is 0.555. The Balaban J connectivity index is 1.94. The topological polar surface area (TPSA) is 94.6 Å². The summed E-state index contributed by atoms with van der Waals surface area (Å²) in [6.07, 6.45) is 1.52. The molecule has 26 heavy (non-hydrogen) atoms. The molecule has 1 atom stereocenters. The minimum atomic E-state index is -0.227. The Labute approximate surface area is 155 Å². The third kappa shape index (κ3) is 5.22. The fraction of sp³-hybridized carbons (Fsp3) is 0.474. The molecule has 2 rings (SSSR count). The van der Waals surface area contributed by atoms with Gasteiger partial charge in [0.2, 0.25) is 0 Å². The number of hydrogen-bond acceptors (Lipinski definition) is 6. The normalized spacial score (nSPS) is 16.7. The van der Waals surface area contributed by atoms with E-state index in [9.17, 15) is 10.1 Å². The van der Waals surface area contributed by atoms with Crippen molar-refractivity contribution >= 4 is 5.91 Å². The minimum absolute atomic E-state index is 0.0292. The molecule has 3 N–H and O–H groups in total. The van der Waals surface area contributed by atoms with E-state index in [0.717, 1.165) is 30.9 Å². The van der Waals surface area contributed by atoms with Crippen molar-refractivity contribution in [2.24, 2.45) is 5.73 Å². The van der Waals surface area contributed by atoms with Gasteiger partial charge in [-0.2, -0.15) is 5.26 Å². The Bertz CT molecular complexity index is 658. The standard InChI is InChI=1S/C19H27N5O2/c1-15(16-3-5-18(26-2)6-4-16)22-14-17(13-21)19(25)24-11-9-23(8-7-20)10-12-24/h3-6,14-15,22H,7-12,20H2,1-2H3/b17-14-. The maximum Gasteiger partial charge on any atom is 0.266 e. The van der Waals surface area contributed by atoms with Gasteiger partial charge in [-0.3, -0.25) is 9.69 Å². The second-order valence-electron chi connectivity index (χ2n) is 6.25. The second kappa shape index (κ2) is 9.80. The van der Waals surface area contributed by atoms with Gasteiger partial charge in [-0.25, -0.2) is 0 Å². The lowest BCUT2D eigenvalue weighted by Gasteiger charge is -2.34. The van der Waals surface area contributed by atoms with Gasteiger partial charge < -0.3 is 20.7 Å². The van der Waals surface area contributed by atoms with Crippen molar-refractivity contribution in [2.75, 3.05) is 46.4 Å². The summed E-state index contributed by atoms with van der Waals surface area (Å²) < 4.78 is 5.15. The Kier molecular flexibility index (Phi) is 7.45. The highest BCUT2D eigenvalue weighted by molar-refractivity contribution is 5.97. The van der Waals surface area contributed by atoms with Crippen LogP contribution in [0, 0.1) is 11.3 Å². The largest absolute Gasteiger partial charge is 0.497 e. The van der Waals surface area contributed by atoms with Crippen LogP contribution in [0.3, 0.4) is 0 Å². The number of methoxy groups -OCH3 is 1. The van der Waals surface area contributed by atoms with Crippen LogP contribution in [0.2, 0.25) is 0 Å². The average molecular weight is 357 g/mol. The molecule has 1 unspecified atom stereocenters. The molecular weight excluding hydrogens is 330 g/mol. The molecule has 1 amide bonds. The Hall–Kier alpha value is -2.56. The SMILES string of the molecule is COc1ccc(C(C)N/C=C(/C#N)C(=O)N2CCN(CCN)CC2)cc1. The first-order valence-corrected chi connectivity index (χ1v) is 8.81. The average Bonchev–Trinajstić information content (AvgIpc) is 2.69. The van der Waals surface area contributed by atoms with E-state index in [1.807, 2.05) is 37.3 Å². The summed E-state index contributed by atoms with van der Waals surface area (Å²) in [6, 6.07) is 9.66. The number of ether oxygens (including phenoxy) is 1. The number of benzene rings is 1. The summed E-state index contributed by atoms with van der Waals surface area (Å²) in [5.41, 5.74) is 6.73. The van der Waals surface area contributed by atoms with Gasteiger partial charge in [-0.05, 0) is 24.6 Å². The molecule has 0 spiro atoms. The number of rotatable bonds is 7. The third-order valence-corrected chi connectivity index (χ3v) is 4.55. The highest BCUT2D eigenvalue weighted by Gasteiger charge is 2.23. The van der Waals surface area contributed by atoms with Gasteiger partial charge >= 0.3 is 0 Å². The third-order valence-electron chi connectivity index (χ3n) is 4.55. The van der Waals surface area contributed by atoms with E-state index in [1.54, 1.807) is 12.0 Å². The van der Waals surface area contributed by atoms with E-state index in [2.05, 4.69) is 10.2 Å². The zero-order valence-electron chi connectivity index (χ0n) is 15.4. The van der Waals surface area contributed by atoms with Gasteiger partial charge in [-0.1, -0.05) is 12.1 Å². The highest BCUT2D eigenvalue weighted by atomic mass is 16.5. The molecule has 0 radical (unpaired) electrons. The first kappa shape index (κ1) is 19.8. The number of nitrogens with one attached hydrogen (secondary N) is 1. The summed E-state index contributed by atoms with van der Waals surface area (Å²) in [5, 5.41) is 12.5. The van der Waals surface area contributed by atoms with Crippen LogP contribution in [0.15, 0.2) is 36.0 Å². The van der Waals surface area contributed by atoms with Crippen molar-refractivity contribution in [3.05, 3.63) is 41.6 Å². The van der Waals surface area contributed by atoms with Gasteiger partial charge in [-0.15, -0.1) is 0 Å². The monoisotopic (exact) mass is 357 g/mol. The molecule has 0 bridgehead atoms. The van der Waals surface area contributed by atoms with E-state index >= 15 is 0 Å². The molecule has 1 aliphatic rings. The maximum absolute atomic E-state index is 12.6. The number of piperazine rings is 1. The van der Waals surface area contributed by atoms with Crippen LogP contribution >= 0.6 is 0 Å². The molecule has 1 aromatic rings. The van der Waals surface area contributed by atoms with Crippen LogP contribution in [0.4, 0.5) is 0 Å². The van der Waals surface area contributed by atoms with Crippen molar-refractivity contribution < 1.29 is 9.53 Å². The van der Waals surface area contributed by atoms with Gasteiger partial charge in [0.05, 0.1) is 7.11 Å². The summed E-state index contributed by atoms with van der Waals surface area (Å²) in [4.78, 5) is 16.5. The predicted octanol–water partition coefficient (Wildman–Crippen LogP) is 0.856. The molecule has 1 aromatic carbocycles. The van der Waals surface area contributed by atoms with Gasteiger partial charge in [0, 0.05) is 51.5 Å². The summed E-state index contributed by atoms with van der Waals surface area (Å²) in [6.45, 7) is 6.24. The lowest BCUT2D eigenvalue weighted by molar-refractivity contribution is -0.128. The molecule has 1 aliphatic heterocycles. The van der Waals surface area contributed by atoms with E-state index < -0.39 is 0 Å². The van der Waals surface area contributed by atoms with E-state index in [1.165, 1.54) is 6.20 Å². The summed E-state index contributed by atoms with van der Waals surface area (Å²) >= 11 is 0. The fourth-order valence-corrected chi connectivity index (χ4v) is 2.87. The molecule has 1 heterocycles. The minimum Gasteiger partial charge on any atom is -0.497 e. The first-order chi connectivity index (χ1) is 12.6. The van der Waals surface area contributed by atoms with Crippen molar-refractivity contribution in [1.82, 2.24) is 15.1 Å². The van der Waals surface area contributed by atoms with Crippen molar-refractivity contribution in [1.29, 1.82) is 5.26 Å². The Morgan fingerprint density at radius 1 is 1.35 bits per heavy atom. The van der Waals surface area contributed by atoms with Crippen LogP contribution in [0.25, 0.3) is 0 Å². The highest BCUT2D eigenvalue weighted by Crippen LogP contribution is 2.17. The zero-order chi connectivity index (χ0) is 18.9. The number of nitrogens with two attached hydrogens (primary N) is 1. The molecular formula is C19H27N5O2. The molecule has 7 nitrogen and oxygen atoms in total. The van der Waals surface area contributed by atoms with E-state index in [4.69, 9.17) is 10.5 Å². The van der Waals surface area contributed by atoms with Gasteiger partial charge in [0.25, 0.3) is 5.91 Å².